The highest BCUT2D eigenvalue weighted by Crippen LogP contribution is 2.58. The lowest BCUT2D eigenvalue weighted by Crippen LogP contribution is -2.48. The van der Waals surface area contributed by atoms with Crippen molar-refractivity contribution in [3.05, 3.63) is 58.7 Å². The van der Waals surface area contributed by atoms with Gasteiger partial charge in [-0.2, -0.15) is 0 Å². The Morgan fingerprint density at radius 3 is 2.38 bits per heavy atom. The van der Waals surface area contributed by atoms with Crippen LogP contribution < -0.4 is 9.46 Å². The Morgan fingerprint density at radius 2 is 1.74 bits per heavy atom. The number of amides is 1. The molecule has 0 aliphatic heterocycles. The Morgan fingerprint density at radius 1 is 1.06 bits per heavy atom. The molecule has 0 aromatic heterocycles. The highest BCUT2D eigenvalue weighted by Gasteiger charge is 2.50. The summed E-state index contributed by atoms with van der Waals surface area (Å²) in [5.41, 5.74) is 5.02. The number of benzene rings is 2. The topological polar surface area (TPSA) is 72.5 Å². The molecule has 1 amide bonds. The van der Waals surface area contributed by atoms with Crippen LogP contribution in [0.4, 0.5) is 4.79 Å². The summed E-state index contributed by atoms with van der Waals surface area (Å²) in [7, 11) is -4.01. The summed E-state index contributed by atoms with van der Waals surface area (Å²) in [5, 5.41) is 0. The number of sulfonamides is 1. The van der Waals surface area contributed by atoms with E-state index in [-0.39, 0.29) is 16.2 Å². The highest BCUT2D eigenvalue weighted by molar-refractivity contribution is 7.90. The lowest BCUT2D eigenvalue weighted by atomic mass is 9.50. The van der Waals surface area contributed by atoms with Crippen molar-refractivity contribution in [1.82, 2.24) is 4.72 Å². The molecule has 0 saturated heterocycles. The molecule has 6 heteroatoms. The van der Waals surface area contributed by atoms with Gasteiger partial charge in [-0.25, -0.2) is 17.9 Å². The molecule has 4 rings (SSSR count). The first-order valence-corrected chi connectivity index (χ1v) is 13.8. The predicted octanol–water partition coefficient (Wildman–Crippen LogP) is 6.63. The summed E-state index contributed by atoms with van der Waals surface area (Å²) in [6.07, 6.45) is 4.73. The van der Waals surface area contributed by atoms with Crippen molar-refractivity contribution < 1.29 is 17.9 Å². The van der Waals surface area contributed by atoms with Gasteiger partial charge in [-0.15, -0.1) is 0 Å². The van der Waals surface area contributed by atoms with E-state index in [0.717, 1.165) is 24.0 Å². The normalized spacial score (nSPS) is 23.7. The minimum absolute atomic E-state index is 0.0310. The van der Waals surface area contributed by atoms with E-state index in [0.29, 0.717) is 17.1 Å². The van der Waals surface area contributed by atoms with Crippen LogP contribution in [0.2, 0.25) is 0 Å². The Kier molecular flexibility index (Phi) is 6.34. The molecular weight excluding hydrogens is 446 g/mol. The first kappa shape index (κ1) is 24.8. The Labute approximate surface area is 204 Å². The van der Waals surface area contributed by atoms with Gasteiger partial charge >= 0.3 is 6.09 Å². The molecule has 2 aromatic carbocycles. The van der Waals surface area contributed by atoms with Crippen molar-refractivity contribution in [1.29, 1.82) is 0 Å². The van der Waals surface area contributed by atoms with Gasteiger partial charge in [-0.05, 0) is 84.6 Å². The largest absolute Gasteiger partial charge is 0.426 e. The SMILES string of the molecule is Cc1ccc(S(=O)(=O)NC(=O)Oc2ccc3c(c2C(C)C)CCC2C(C)(C)CCC[C@]32C)cc1. The predicted molar refractivity (Wildman–Crippen MR) is 135 cm³/mol. The molecule has 0 radical (unpaired) electrons. The van der Waals surface area contributed by atoms with Gasteiger partial charge in [0.25, 0.3) is 10.0 Å². The third kappa shape index (κ3) is 4.37. The number of aryl methyl sites for hydroxylation is 1. The Hall–Kier alpha value is -2.34. The molecule has 2 aromatic rings. The number of rotatable bonds is 4. The van der Waals surface area contributed by atoms with Crippen molar-refractivity contribution in [3.8, 4) is 5.75 Å². The first-order valence-electron chi connectivity index (χ1n) is 12.3. The van der Waals surface area contributed by atoms with E-state index in [1.165, 1.54) is 42.5 Å². The van der Waals surface area contributed by atoms with E-state index in [2.05, 4.69) is 45.4 Å². The third-order valence-electron chi connectivity index (χ3n) is 8.17. The summed E-state index contributed by atoms with van der Waals surface area (Å²) in [5.74, 6) is 1.21. The average molecular weight is 484 g/mol. The molecule has 2 aliphatic carbocycles. The molecule has 2 aliphatic rings. The van der Waals surface area contributed by atoms with E-state index >= 15 is 0 Å². The fraction of sp³-hybridized carbons (Fsp3) is 0.536. The Balaban J connectivity index is 1.64. The molecule has 0 heterocycles. The number of hydrogen-bond acceptors (Lipinski definition) is 4. The van der Waals surface area contributed by atoms with Gasteiger partial charge in [-0.3, -0.25) is 0 Å². The fourth-order valence-corrected chi connectivity index (χ4v) is 7.49. The maximum Gasteiger partial charge on any atom is 0.426 e. The van der Waals surface area contributed by atoms with Crippen molar-refractivity contribution in [2.45, 2.75) is 89.9 Å². The second-order valence-corrected chi connectivity index (χ2v) is 13.0. The van der Waals surface area contributed by atoms with Crippen LogP contribution in [0.5, 0.6) is 5.75 Å². The first-order chi connectivity index (χ1) is 15.8. The van der Waals surface area contributed by atoms with E-state index < -0.39 is 16.1 Å². The molecule has 0 bridgehead atoms. The summed E-state index contributed by atoms with van der Waals surface area (Å²) in [6, 6.07) is 10.3. The number of fused-ring (bicyclic) bond motifs is 3. The minimum atomic E-state index is -4.01. The molecule has 34 heavy (non-hydrogen) atoms. The monoisotopic (exact) mass is 483 g/mol. The highest BCUT2D eigenvalue weighted by atomic mass is 32.2. The van der Waals surface area contributed by atoms with Crippen molar-refractivity contribution in [2.24, 2.45) is 11.3 Å². The van der Waals surface area contributed by atoms with Crippen LogP contribution >= 0.6 is 0 Å². The van der Waals surface area contributed by atoms with Gasteiger partial charge in [0.15, 0.2) is 0 Å². The summed E-state index contributed by atoms with van der Waals surface area (Å²) in [6.45, 7) is 13.3. The smallest absolute Gasteiger partial charge is 0.409 e. The van der Waals surface area contributed by atoms with Crippen molar-refractivity contribution >= 4 is 16.1 Å². The van der Waals surface area contributed by atoms with E-state index in [9.17, 15) is 13.2 Å². The summed E-state index contributed by atoms with van der Waals surface area (Å²) < 4.78 is 33.0. The molecule has 184 valence electrons. The van der Waals surface area contributed by atoms with Crippen LogP contribution in [0.1, 0.15) is 88.5 Å². The van der Waals surface area contributed by atoms with Crippen LogP contribution in [-0.4, -0.2) is 14.5 Å². The zero-order chi connectivity index (χ0) is 24.9. The lowest BCUT2D eigenvalue weighted by molar-refractivity contribution is 0.0404. The zero-order valence-electron chi connectivity index (χ0n) is 21.2. The molecule has 2 atom stereocenters. The van der Waals surface area contributed by atoms with Gasteiger partial charge in [0, 0.05) is 5.56 Å². The second kappa shape index (κ2) is 8.71. The van der Waals surface area contributed by atoms with Crippen LogP contribution in [0.3, 0.4) is 0 Å². The number of nitrogens with one attached hydrogen (secondary N) is 1. The van der Waals surface area contributed by atoms with Gasteiger partial charge in [0.05, 0.1) is 4.90 Å². The minimum Gasteiger partial charge on any atom is -0.409 e. The molecule has 5 nitrogen and oxygen atoms in total. The van der Waals surface area contributed by atoms with Crippen LogP contribution in [0.25, 0.3) is 0 Å². The van der Waals surface area contributed by atoms with Gasteiger partial charge in [-0.1, -0.05) is 64.8 Å². The van der Waals surface area contributed by atoms with Crippen LogP contribution in [0.15, 0.2) is 41.3 Å². The van der Waals surface area contributed by atoms with E-state index in [1.807, 2.05) is 13.0 Å². The Bertz CT molecular complexity index is 1200. The zero-order valence-corrected chi connectivity index (χ0v) is 22.0. The molecule has 1 unspecified atom stereocenters. The number of carbonyl (C=O) groups is 1. The third-order valence-corrected chi connectivity index (χ3v) is 9.50. The molecule has 0 spiro atoms. The summed E-state index contributed by atoms with van der Waals surface area (Å²) in [4.78, 5) is 12.7. The number of carbonyl (C=O) groups excluding carboxylic acids is 1. The van der Waals surface area contributed by atoms with E-state index in [4.69, 9.17) is 4.74 Å². The van der Waals surface area contributed by atoms with Gasteiger partial charge in [0.2, 0.25) is 0 Å². The van der Waals surface area contributed by atoms with Gasteiger partial charge in [0.1, 0.15) is 5.75 Å². The second-order valence-electron chi connectivity index (χ2n) is 11.3. The van der Waals surface area contributed by atoms with E-state index in [1.54, 1.807) is 12.1 Å². The average Bonchev–Trinajstić information content (AvgIpc) is 2.72. The van der Waals surface area contributed by atoms with Gasteiger partial charge < -0.3 is 4.74 Å². The maximum absolute atomic E-state index is 12.7. The summed E-state index contributed by atoms with van der Waals surface area (Å²) >= 11 is 0. The standard InChI is InChI=1S/C28H37NO4S/c1-18(2)25-21-12-15-24-27(4,5)16-7-17-28(24,6)22(21)13-14-23(25)33-26(30)29-34(31,32)20-10-8-19(3)9-11-20/h8-11,13-14,18,24H,7,12,15-17H2,1-6H3,(H,29,30)/t24?,28-/m1/s1. The molecule has 1 fully saturated rings. The van der Waals surface area contributed by atoms with Crippen LogP contribution in [-0.2, 0) is 21.9 Å². The molecule has 1 N–H and O–H groups in total. The van der Waals surface area contributed by atoms with Crippen LogP contribution in [0, 0.1) is 18.3 Å². The van der Waals surface area contributed by atoms with Crippen molar-refractivity contribution in [2.75, 3.05) is 0 Å². The lowest BCUT2D eigenvalue weighted by Gasteiger charge is -2.54. The maximum atomic E-state index is 12.7. The number of ether oxygens (including phenoxy) is 1. The quantitative estimate of drug-likeness (QED) is 0.530. The molecular formula is C28H37NO4S. The van der Waals surface area contributed by atoms with Crippen molar-refractivity contribution in [3.63, 3.8) is 0 Å². The number of hydrogen-bond donors (Lipinski definition) is 1. The molecule has 1 saturated carbocycles. The fourth-order valence-electron chi connectivity index (χ4n) is 6.62.